The molecule has 2 aromatic carbocycles. The zero-order chi connectivity index (χ0) is 23.5. The molecule has 0 aliphatic carbocycles. The summed E-state index contributed by atoms with van der Waals surface area (Å²) in [6, 6.07) is 13.3. The molecule has 3 aliphatic heterocycles. The summed E-state index contributed by atoms with van der Waals surface area (Å²) in [6.45, 7) is 3.04. The summed E-state index contributed by atoms with van der Waals surface area (Å²) in [6.07, 6.45) is 1.44. The highest BCUT2D eigenvalue weighted by molar-refractivity contribution is 5.96. The topological polar surface area (TPSA) is 90.4 Å². The molecular weight excluding hydrogens is 422 g/mol. The molecule has 8 heteroatoms. The van der Waals surface area contributed by atoms with E-state index in [2.05, 4.69) is 4.90 Å². The fourth-order valence-corrected chi connectivity index (χ4v) is 4.50. The first-order valence-electron chi connectivity index (χ1n) is 11.2. The highest BCUT2D eigenvalue weighted by atomic mass is 16.6. The van der Waals surface area contributed by atoms with Crippen LogP contribution in [-0.2, 0) is 11.3 Å². The van der Waals surface area contributed by atoms with Gasteiger partial charge in [0, 0.05) is 31.9 Å². The van der Waals surface area contributed by atoms with Gasteiger partial charge >= 0.3 is 12.1 Å². The van der Waals surface area contributed by atoms with Gasteiger partial charge in [0.05, 0.1) is 12.1 Å². The van der Waals surface area contributed by atoms with E-state index in [0.717, 1.165) is 38.0 Å². The maximum atomic E-state index is 13.4. The van der Waals surface area contributed by atoms with Crippen LogP contribution in [0.15, 0.2) is 48.5 Å². The number of hydrogen-bond donors (Lipinski definition) is 1. The molecule has 1 atom stereocenters. The van der Waals surface area contributed by atoms with Crippen LogP contribution >= 0.6 is 0 Å². The Balaban J connectivity index is 1.60. The van der Waals surface area contributed by atoms with Crippen LogP contribution in [0.4, 0.5) is 10.5 Å². The zero-order valence-electron chi connectivity index (χ0n) is 18.9. The first-order chi connectivity index (χ1) is 15.8. The molecule has 5 rings (SSSR count). The lowest BCUT2D eigenvalue weighted by molar-refractivity contribution is -0.0311. The average molecular weight is 452 g/mol. The highest BCUT2D eigenvalue weighted by Crippen LogP contribution is 2.31. The number of carboxylic acids is 1. The number of fused-ring (bicyclic) bond motifs is 3. The summed E-state index contributed by atoms with van der Waals surface area (Å²) < 4.78 is 5.98. The first-order valence-corrected chi connectivity index (χ1v) is 11.2. The van der Waals surface area contributed by atoms with Crippen LogP contribution in [0, 0.1) is 5.92 Å². The van der Waals surface area contributed by atoms with Crippen molar-refractivity contribution in [1.82, 2.24) is 9.80 Å². The third-order valence-electron chi connectivity index (χ3n) is 6.42. The second-order valence-corrected chi connectivity index (χ2v) is 8.90. The SMILES string of the molecule is CN(C)C(=O)c1cccc(N(Cc2ccc(C(=O)O)cc2)C(=O)O[C@H]2CN3CCC2CC3)c1. The van der Waals surface area contributed by atoms with E-state index in [1.54, 1.807) is 50.5 Å². The Morgan fingerprint density at radius 2 is 1.73 bits per heavy atom. The van der Waals surface area contributed by atoms with E-state index in [-0.39, 0.29) is 24.1 Å². The number of piperidine rings is 3. The standard InChI is InChI=1S/C25H29N3O5/c1-26(2)23(29)20-4-3-5-21(14-20)28(15-17-6-8-19(9-7-17)24(30)31)25(32)33-22-16-27-12-10-18(22)11-13-27/h3-9,14,18,22H,10-13,15-16H2,1-2H3,(H,30,31)/t22-/m0/s1. The maximum absolute atomic E-state index is 13.4. The van der Waals surface area contributed by atoms with Gasteiger partial charge in [-0.3, -0.25) is 14.6 Å². The Labute approximate surface area is 193 Å². The third-order valence-corrected chi connectivity index (χ3v) is 6.42. The molecule has 3 aliphatic rings. The van der Waals surface area contributed by atoms with Crippen molar-refractivity contribution in [1.29, 1.82) is 0 Å². The minimum absolute atomic E-state index is 0.150. The number of hydrogen-bond acceptors (Lipinski definition) is 5. The van der Waals surface area contributed by atoms with Gasteiger partial charge in [-0.15, -0.1) is 0 Å². The number of carboxylic acid groups (broad SMARTS) is 1. The Bertz CT molecular complexity index is 1030. The molecule has 1 N–H and O–H groups in total. The van der Waals surface area contributed by atoms with Crippen molar-refractivity contribution in [3.8, 4) is 0 Å². The molecule has 0 saturated carbocycles. The summed E-state index contributed by atoms with van der Waals surface area (Å²) in [4.78, 5) is 42.4. The third kappa shape index (κ3) is 5.17. The van der Waals surface area contributed by atoms with Crippen molar-refractivity contribution in [2.45, 2.75) is 25.5 Å². The van der Waals surface area contributed by atoms with E-state index < -0.39 is 12.1 Å². The van der Waals surface area contributed by atoms with E-state index in [4.69, 9.17) is 9.84 Å². The van der Waals surface area contributed by atoms with Gasteiger partial charge in [0.15, 0.2) is 0 Å². The van der Waals surface area contributed by atoms with E-state index in [9.17, 15) is 14.4 Å². The van der Waals surface area contributed by atoms with Gasteiger partial charge in [-0.1, -0.05) is 18.2 Å². The number of carbonyl (C=O) groups is 3. The molecule has 3 saturated heterocycles. The molecular formula is C25H29N3O5. The molecule has 0 aromatic heterocycles. The Morgan fingerprint density at radius 1 is 1.03 bits per heavy atom. The summed E-state index contributed by atoms with van der Waals surface area (Å²) in [7, 11) is 3.36. The quantitative estimate of drug-likeness (QED) is 0.725. The fourth-order valence-electron chi connectivity index (χ4n) is 4.50. The van der Waals surface area contributed by atoms with E-state index in [1.165, 1.54) is 21.9 Å². The van der Waals surface area contributed by atoms with Crippen molar-refractivity contribution in [3.63, 3.8) is 0 Å². The van der Waals surface area contributed by atoms with Crippen LogP contribution in [0.1, 0.15) is 39.1 Å². The number of rotatable bonds is 6. The predicted molar refractivity (Wildman–Crippen MR) is 123 cm³/mol. The molecule has 2 aromatic rings. The highest BCUT2D eigenvalue weighted by Gasteiger charge is 2.37. The van der Waals surface area contributed by atoms with Gasteiger partial charge in [0.1, 0.15) is 6.10 Å². The summed E-state index contributed by atoms with van der Waals surface area (Å²) >= 11 is 0. The van der Waals surface area contributed by atoms with Crippen LogP contribution < -0.4 is 4.90 Å². The number of ether oxygens (including phenoxy) is 1. The predicted octanol–water partition coefficient (Wildman–Crippen LogP) is 3.32. The second-order valence-electron chi connectivity index (χ2n) is 8.90. The normalized spacial score (nSPS) is 21.3. The smallest absolute Gasteiger partial charge is 0.414 e. The van der Waals surface area contributed by atoms with Crippen molar-refractivity contribution in [2.24, 2.45) is 5.92 Å². The largest absolute Gasteiger partial charge is 0.478 e. The molecule has 0 unspecified atom stereocenters. The van der Waals surface area contributed by atoms with Crippen LogP contribution in [0.25, 0.3) is 0 Å². The summed E-state index contributed by atoms with van der Waals surface area (Å²) in [5.41, 5.74) is 1.96. The second kappa shape index (κ2) is 9.62. The molecule has 2 bridgehead atoms. The van der Waals surface area contributed by atoms with Crippen molar-refractivity contribution >= 4 is 23.7 Å². The minimum atomic E-state index is -1.00. The fraction of sp³-hybridized carbons (Fsp3) is 0.400. The molecule has 2 amide bonds. The number of nitrogens with zero attached hydrogens (tertiary/aromatic N) is 3. The van der Waals surface area contributed by atoms with E-state index >= 15 is 0 Å². The lowest BCUT2D eigenvalue weighted by atomic mass is 9.86. The van der Waals surface area contributed by atoms with Crippen molar-refractivity contribution in [2.75, 3.05) is 38.6 Å². The Kier molecular flexibility index (Phi) is 6.65. The number of aromatic carboxylic acids is 1. The van der Waals surface area contributed by atoms with E-state index in [0.29, 0.717) is 17.2 Å². The van der Waals surface area contributed by atoms with Gasteiger partial charge in [0.25, 0.3) is 5.91 Å². The number of anilines is 1. The zero-order valence-corrected chi connectivity index (χ0v) is 18.9. The number of benzene rings is 2. The lowest BCUT2D eigenvalue weighted by Gasteiger charge is -2.44. The Morgan fingerprint density at radius 3 is 2.30 bits per heavy atom. The number of carbonyl (C=O) groups excluding carboxylic acids is 2. The molecule has 3 fully saturated rings. The maximum Gasteiger partial charge on any atom is 0.414 e. The molecule has 33 heavy (non-hydrogen) atoms. The molecule has 0 radical (unpaired) electrons. The van der Waals surface area contributed by atoms with Crippen LogP contribution in [0.5, 0.6) is 0 Å². The monoisotopic (exact) mass is 451 g/mol. The lowest BCUT2D eigenvalue weighted by Crippen LogP contribution is -2.53. The van der Waals surface area contributed by atoms with Gasteiger partial charge in [0.2, 0.25) is 0 Å². The molecule has 8 nitrogen and oxygen atoms in total. The molecule has 174 valence electrons. The minimum Gasteiger partial charge on any atom is -0.478 e. The van der Waals surface area contributed by atoms with Gasteiger partial charge in [-0.05, 0) is 67.7 Å². The van der Waals surface area contributed by atoms with Crippen LogP contribution in [0.2, 0.25) is 0 Å². The first kappa shape index (κ1) is 22.8. The Hall–Kier alpha value is -3.39. The average Bonchev–Trinajstić information content (AvgIpc) is 2.83. The summed E-state index contributed by atoms with van der Waals surface area (Å²) in [5.74, 6) is -0.791. The number of amides is 2. The molecule has 3 heterocycles. The van der Waals surface area contributed by atoms with Gasteiger partial charge in [-0.25, -0.2) is 9.59 Å². The van der Waals surface area contributed by atoms with Crippen LogP contribution in [-0.4, -0.2) is 72.7 Å². The van der Waals surface area contributed by atoms with Crippen molar-refractivity contribution < 1.29 is 24.2 Å². The van der Waals surface area contributed by atoms with Gasteiger partial charge < -0.3 is 14.7 Å². The molecule has 0 spiro atoms. The van der Waals surface area contributed by atoms with Gasteiger partial charge in [-0.2, -0.15) is 0 Å². The van der Waals surface area contributed by atoms with Crippen LogP contribution in [0.3, 0.4) is 0 Å². The summed E-state index contributed by atoms with van der Waals surface area (Å²) in [5, 5.41) is 9.16. The van der Waals surface area contributed by atoms with E-state index in [1.807, 2.05) is 0 Å². The van der Waals surface area contributed by atoms with Crippen molar-refractivity contribution in [3.05, 3.63) is 65.2 Å².